The third kappa shape index (κ3) is 4.13. The molecule has 20 heavy (non-hydrogen) atoms. The van der Waals surface area contributed by atoms with Crippen LogP contribution < -0.4 is 10.6 Å². The van der Waals surface area contributed by atoms with Gasteiger partial charge in [-0.15, -0.1) is 0 Å². The molecule has 1 amide bonds. The Morgan fingerprint density at radius 2 is 2.15 bits per heavy atom. The number of amides is 1. The topological polar surface area (TPSA) is 70.6 Å². The first-order valence-corrected chi connectivity index (χ1v) is 6.86. The maximum absolute atomic E-state index is 11.7. The van der Waals surface area contributed by atoms with Crippen LogP contribution in [0.25, 0.3) is 0 Å². The average Bonchev–Trinajstić information content (AvgIpc) is 2.25. The largest absolute Gasteiger partial charge is 0.506 e. The van der Waals surface area contributed by atoms with Crippen molar-refractivity contribution in [2.75, 3.05) is 18.4 Å². The van der Waals surface area contributed by atoms with E-state index in [0.717, 1.165) is 25.1 Å². The van der Waals surface area contributed by atoms with Gasteiger partial charge in [0, 0.05) is 0 Å². The Morgan fingerprint density at radius 3 is 2.70 bits per heavy atom. The van der Waals surface area contributed by atoms with Crippen molar-refractivity contribution in [3.05, 3.63) is 23.8 Å². The van der Waals surface area contributed by atoms with Crippen molar-refractivity contribution in [2.24, 2.45) is 5.92 Å². The summed E-state index contributed by atoms with van der Waals surface area (Å²) < 4.78 is 5.18. The van der Waals surface area contributed by atoms with Gasteiger partial charge in [0.25, 0.3) is 0 Å². The smallest absolute Gasteiger partial charge is 0.412 e. The zero-order chi connectivity index (χ0) is 14.8. The molecule has 0 atom stereocenters. The number of nitrogens with one attached hydrogen (secondary N) is 2. The zero-order valence-corrected chi connectivity index (χ0v) is 12.2. The van der Waals surface area contributed by atoms with Crippen LogP contribution in [0.1, 0.15) is 26.3 Å². The average molecular weight is 278 g/mol. The van der Waals surface area contributed by atoms with Crippen LogP contribution in [0.3, 0.4) is 0 Å². The van der Waals surface area contributed by atoms with E-state index in [1.54, 1.807) is 32.9 Å². The molecule has 5 heteroatoms. The van der Waals surface area contributed by atoms with Gasteiger partial charge < -0.3 is 15.2 Å². The molecule has 1 aliphatic heterocycles. The van der Waals surface area contributed by atoms with E-state index in [9.17, 15) is 9.90 Å². The van der Waals surface area contributed by atoms with Gasteiger partial charge in [-0.25, -0.2) is 4.79 Å². The molecule has 1 aromatic rings. The third-order valence-electron chi connectivity index (χ3n) is 3.09. The predicted molar refractivity (Wildman–Crippen MR) is 78.0 cm³/mol. The normalized spacial score (nSPS) is 15.6. The Labute approximate surface area is 119 Å². The lowest BCUT2D eigenvalue weighted by Gasteiger charge is -2.27. The van der Waals surface area contributed by atoms with Crippen molar-refractivity contribution in [2.45, 2.75) is 32.8 Å². The molecule has 1 saturated heterocycles. The molecule has 5 nitrogen and oxygen atoms in total. The molecule has 0 spiro atoms. The summed E-state index contributed by atoms with van der Waals surface area (Å²) in [5.74, 6) is 0.681. The first-order valence-electron chi connectivity index (χ1n) is 6.86. The van der Waals surface area contributed by atoms with E-state index in [1.807, 2.05) is 6.07 Å². The fourth-order valence-corrected chi connectivity index (χ4v) is 2.05. The lowest BCUT2D eigenvalue weighted by atomic mass is 9.94. The van der Waals surface area contributed by atoms with Crippen LogP contribution in [0, 0.1) is 5.92 Å². The number of anilines is 1. The molecule has 0 aromatic heterocycles. The van der Waals surface area contributed by atoms with Crippen molar-refractivity contribution < 1.29 is 14.6 Å². The summed E-state index contributed by atoms with van der Waals surface area (Å²) in [5.41, 5.74) is 0.930. The fourth-order valence-electron chi connectivity index (χ4n) is 2.05. The Balaban J connectivity index is 2.02. The molecule has 0 radical (unpaired) electrons. The maximum Gasteiger partial charge on any atom is 0.412 e. The summed E-state index contributed by atoms with van der Waals surface area (Å²) in [7, 11) is 0. The van der Waals surface area contributed by atoms with Crippen molar-refractivity contribution in [3.63, 3.8) is 0 Å². The number of rotatable bonds is 3. The second-order valence-electron chi connectivity index (χ2n) is 6.21. The van der Waals surface area contributed by atoms with E-state index in [2.05, 4.69) is 10.6 Å². The van der Waals surface area contributed by atoms with Crippen molar-refractivity contribution in [1.82, 2.24) is 5.32 Å². The van der Waals surface area contributed by atoms with E-state index < -0.39 is 11.7 Å². The minimum absolute atomic E-state index is 0.0475. The minimum Gasteiger partial charge on any atom is -0.506 e. The second kappa shape index (κ2) is 5.71. The molecular formula is C15H22N2O3. The highest BCUT2D eigenvalue weighted by atomic mass is 16.6. The maximum atomic E-state index is 11.7. The molecule has 2 rings (SSSR count). The van der Waals surface area contributed by atoms with Gasteiger partial charge in [0.05, 0.1) is 5.69 Å². The van der Waals surface area contributed by atoms with Gasteiger partial charge in [0.2, 0.25) is 0 Å². The standard InChI is InChI=1S/C15H22N2O3/c1-15(2,3)20-14(19)17-12-7-10(4-5-13(12)18)6-11-8-16-9-11/h4-5,7,11,16,18H,6,8-9H2,1-3H3,(H,17,19). The van der Waals surface area contributed by atoms with Crippen molar-refractivity contribution in [1.29, 1.82) is 0 Å². The van der Waals surface area contributed by atoms with E-state index >= 15 is 0 Å². The molecule has 1 aromatic carbocycles. The van der Waals surface area contributed by atoms with Crippen LogP contribution in [0.4, 0.5) is 10.5 Å². The van der Waals surface area contributed by atoms with Crippen LogP contribution in [0.15, 0.2) is 18.2 Å². The Hall–Kier alpha value is -1.75. The van der Waals surface area contributed by atoms with Gasteiger partial charge in [-0.2, -0.15) is 0 Å². The van der Waals surface area contributed by atoms with E-state index in [4.69, 9.17) is 4.74 Å². The summed E-state index contributed by atoms with van der Waals surface area (Å²) in [5, 5.41) is 15.6. The number of benzene rings is 1. The molecule has 3 N–H and O–H groups in total. The Morgan fingerprint density at radius 1 is 1.45 bits per heavy atom. The molecule has 0 bridgehead atoms. The number of carbonyl (C=O) groups excluding carboxylic acids is 1. The molecule has 1 fully saturated rings. The molecule has 1 heterocycles. The minimum atomic E-state index is -0.561. The summed E-state index contributed by atoms with van der Waals surface area (Å²) >= 11 is 0. The molecule has 110 valence electrons. The van der Waals surface area contributed by atoms with Crippen molar-refractivity contribution in [3.8, 4) is 5.75 Å². The van der Waals surface area contributed by atoms with E-state index in [0.29, 0.717) is 11.6 Å². The first kappa shape index (κ1) is 14.7. The summed E-state index contributed by atoms with van der Waals surface area (Å²) in [4.78, 5) is 11.7. The number of hydrogen-bond donors (Lipinski definition) is 3. The van der Waals surface area contributed by atoms with Gasteiger partial charge in [0.15, 0.2) is 0 Å². The molecule has 1 aliphatic rings. The van der Waals surface area contributed by atoms with Gasteiger partial charge in [0.1, 0.15) is 11.4 Å². The van der Waals surface area contributed by atoms with Gasteiger partial charge in [-0.3, -0.25) is 5.32 Å². The Bertz CT molecular complexity index is 490. The monoisotopic (exact) mass is 278 g/mol. The second-order valence-corrected chi connectivity index (χ2v) is 6.21. The van der Waals surface area contributed by atoms with Crippen LogP contribution in [0.2, 0.25) is 0 Å². The highest BCUT2D eigenvalue weighted by Gasteiger charge is 2.19. The zero-order valence-electron chi connectivity index (χ0n) is 12.2. The van der Waals surface area contributed by atoms with Crippen molar-refractivity contribution >= 4 is 11.8 Å². The molecule has 0 unspecified atom stereocenters. The van der Waals surface area contributed by atoms with Gasteiger partial charge >= 0.3 is 6.09 Å². The van der Waals surface area contributed by atoms with Crippen LogP contribution in [0.5, 0.6) is 5.75 Å². The molecule has 0 saturated carbocycles. The number of carbonyl (C=O) groups is 1. The highest BCUT2D eigenvalue weighted by molar-refractivity contribution is 5.87. The SMILES string of the molecule is CC(C)(C)OC(=O)Nc1cc(CC2CNC2)ccc1O. The highest BCUT2D eigenvalue weighted by Crippen LogP contribution is 2.26. The van der Waals surface area contributed by atoms with Gasteiger partial charge in [-0.1, -0.05) is 6.07 Å². The summed E-state index contributed by atoms with van der Waals surface area (Å²) in [6, 6.07) is 5.29. The number of phenols is 1. The quantitative estimate of drug-likeness (QED) is 0.743. The molecule has 0 aliphatic carbocycles. The summed E-state index contributed by atoms with van der Waals surface area (Å²) in [6.07, 6.45) is 0.381. The Kier molecular flexibility index (Phi) is 4.18. The number of phenolic OH excluding ortho intramolecular Hbond substituents is 1. The fraction of sp³-hybridized carbons (Fsp3) is 0.533. The van der Waals surface area contributed by atoms with E-state index in [-0.39, 0.29) is 5.75 Å². The van der Waals surface area contributed by atoms with E-state index in [1.165, 1.54) is 0 Å². The summed E-state index contributed by atoms with van der Waals surface area (Å²) in [6.45, 7) is 7.44. The van der Waals surface area contributed by atoms with Crippen LogP contribution >= 0.6 is 0 Å². The number of aromatic hydroxyl groups is 1. The van der Waals surface area contributed by atoms with Crippen LogP contribution in [-0.2, 0) is 11.2 Å². The third-order valence-corrected chi connectivity index (χ3v) is 3.09. The first-order chi connectivity index (χ1) is 9.33. The molecular weight excluding hydrogens is 256 g/mol. The number of ether oxygens (including phenoxy) is 1. The lowest BCUT2D eigenvalue weighted by Crippen LogP contribution is -2.43. The van der Waals surface area contributed by atoms with Crippen LogP contribution in [-0.4, -0.2) is 29.9 Å². The lowest BCUT2D eigenvalue weighted by molar-refractivity contribution is 0.0635. The predicted octanol–water partition coefficient (Wildman–Crippen LogP) is 2.50. The number of hydrogen-bond acceptors (Lipinski definition) is 4. The van der Waals surface area contributed by atoms with Gasteiger partial charge in [-0.05, 0) is 63.9 Å².